The predicted molar refractivity (Wildman–Crippen MR) is 88.9 cm³/mol. The molecule has 2 rings (SSSR count). The molecule has 0 radical (unpaired) electrons. The van der Waals surface area contributed by atoms with Crippen LogP contribution in [0.2, 0.25) is 0 Å². The van der Waals surface area contributed by atoms with Gasteiger partial charge in [0, 0.05) is 20.2 Å². The van der Waals surface area contributed by atoms with Gasteiger partial charge in [-0.1, -0.05) is 12.1 Å². The van der Waals surface area contributed by atoms with Crippen LogP contribution < -0.4 is 9.62 Å². The third-order valence-electron chi connectivity index (χ3n) is 3.75. The summed E-state index contributed by atoms with van der Waals surface area (Å²) in [5, 5.41) is 2.83. The first kappa shape index (κ1) is 17.6. The molecular weight excluding hydrogens is 318 g/mol. The minimum atomic E-state index is -3.30. The Bertz CT molecular complexity index is 656. The fourth-order valence-electron chi connectivity index (χ4n) is 2.29. The van der Waals surface area contributed by atoms with Gasteiger partial charge in [-0.15, -0.1) is 0 Å². The number of carbonyl (C=O) groups excluding carboxylic acids is 1. The van der Waals surface area contributed by atoms with Gasteiger partial charge in [0.1, 0.15) is 0 Å². The molecule has 8 heteroatoms. The average Bonchev–Trinajstić information content (AvgIpc) is 2.46. The molecule has 0 unspecified atom stereocenters. The number of urea groups is 1. The monoisotopic (exact) mass is 341 g/mol. The first-order valence-electron chi connectivity index (χ1n) is 7.48. The standard InChI is InChI=1S/C15H23N3O4S/c1-4-22-14-10-18(11-14)15(19)16-9-12-6-5-7-13(8-12)17(2)23(3,20)21/h5-8,14H,4,9-11H2,1-3H3,(H,16,19). The fourth-order valence-corrected chi connectivity index (χ4v) is 2.78. The van der Waals surface area contributed by atoms with Crippen molar-refractivity contribution in [1.82, 2.24) is 10.2 Å². The van der Waals surface area contributed by atoms with Crippen LogP contribution in [0.25, 0.3) is 0 Å². The Morgan fingerprint density at radius 1 is 1.43 bits per heavy atom. The van der Waals surface area contributed by atoms with Crippen molar-refractivity contribution in [3.05, 3.63) is 29.8 Å². The highest BCUT2D eigenvalue weighted by Gasteiger charge is 2.30. The SMILES string of the molecule is CCOC1CN(C(=O)NCc2cccc(N(C)S(C)(=O)=O)c2)C1. The average molecular weight is 341 g/mol. The van der Waals surface area contributed by atoms with E-state index in [1.54, 1.807) is 23.1 Å². The second kappa shape index (κ2) is 7.18. The summed E-state index contributed by atoms with van der Waals surface area (Å²) in [5.74, 6) is 0. The van der Waals surface area contributed by atoms with Gasteiger partial charge in [0.15, 0.2) is 0 Å². The lowest BCUT2D eigenvalue weighted by Crippen LogP contribution is -2.57. The number of likely N-dealkylation sites (tertiary alicyclic amines) is 1. The molecule has 7 nitrogen and oxygen atoms in total. The van der Waals surface area contributed by atoms with E-state index >= 15 is 0 Å². The Kier molecular flexibility index (Phi) is 5.48. The van der Waals surface area contributed by atoms with E-state index in [4.69, 9.17) is 4.74 Å². The summed E-state index contributed by atoms with van der Waals surface area (Å²) in [6.45, 7) is 4.15. The van der Waals surface area contributed by atoms with E-state index in [0.29, 0.717) is 31.9 Å². The van der Waals surface area contributed by atoms with E-state index in [-0.39, 0.29) is 12.1 Å². The van der Waals surface area contributed by atoms with Crippen LogP contribution in [0, 0.1) is 0 Å². The van der Waals surface area contributed by atoms with Crippen LogP contribution in [0.15, 0.2) is 24.3 Å². The van der Waals surface area contributed by atoms with Crippen LogP contribution in [-0.2, 0) is 21.3 Å². The van der Waals surface area contributed by atoms with Crippen LogP contribution in [0.3, 0.4) is 0 Å². The predicted octanol–water partition coefficient (Wildman–Crippen LogP) is 1.01. The lowest BCUT2D eigenvalue weighted by atomic mass is 10.2. The molecule has 1 saturated heterocycles. The van der Waals surface area contributed by atoms with Crippen molar-refractivity contribution in [2.24, 2.45) is 0 Å². The second-order valence-corrected chi connectivity index (χ2v) is 7.56. The minimum Gasteiger partial charge on any atom is -0.375 e. The highest BCUT2D eigenvalue weighted by Crippen LogP contribution is 2.17. The van der Waals surface area contributed by atoms with Crippen LogP contribution in [0.4, 0.5) is 10.5 Å². The number of hydrogen-bond acceptors (Lipinski definition) is 4. The number of amides is 2. The zero-order chi connectivity index (χ0) is 17.0. The van der Waals surface area contributed by atoms with Gasteiger partial charge in [0.2, 0.25) is 10.0 Å². The van der Waals surface area contributed by atoms with Crippen LogP contribution in [-0.4, -0.2) is 58.5 Å². The Morgan fingerprint density at radius 3 is 2.74 bits per heavy atom. The molecule has 1 fully saturated rings. The highest BCUT2D eigenvalue weighted by atomic mass is 32.2. The molecule has 1 aliphatic heterocycles. The van der Waals surface area contributed by atoms with Crippen molar-refractivity contribution in [3.63, 3.8) is 0 Å². The third-order valence-corrected chi connectivity index (χ3v) is 4.96. The molecule has 2 amide bonds. The third kappa shape index (κ3) is 4.59. The van der Waals surface area contributed by atoms with Crippen molar-refractivity contribution in [2.45, 2.75) is 19.6 Å². The number of ether oxygens (including phenoxy) is 1. The molecule has 0 aromatic heterocycles. The van der Waals surface area contributed by atoms with E-state index in [1.165, 1.54) is 11.4 Å². The van der Waals surface area contributed by atoms with Gasteiger partial charge in [-0.25, -0.2) is 13.2 Å². The summed E-state index contributed by atoms with van der Waals surface area (Å²) < 4.78 is 29.8. The Labute approximate surface area is 137 Å². The van der Waals surface area contributed by atoms with E-state index in [0.717, 1.165) is 11.8 Å². The van der Waals surface area contributed by atoms with Gasteiger partial charge < -0.3 is 15.0 Å². The van der Waals surface area contributed by atoms with Gasteiger partial charge in [0.25, 0.3) is 0 Å². The molecule has 128 valence electrons. The van der Waals surface area contributed by atoms with Gasteiger partial charge in [0.05, 0.1) is 31.1 Å². The van der Waals surface area contributed by atoms with E-state index in [1.807, 2.05) is 13.0 Å². The Balaban J connectivity index is 1.88. The molecular formula is C15H23N3O4S. The maximum Gasteiger partial charge on any atom is 0.317 e. The number of nitrogens with zero attached hydrogens (tertiary/aromatic N) is 2. The normalized spacial score (nSPS) is 15.2. The smallest absolute Gasteiger partial charge is 0.317 e. The molecule has 23 heavy (non-hydrogen) atoms. The van der Waals surface area contributed by atoms with Crippen molar-refractivity contribution in [2.75, 3.05) is 37.3 Å². The quantitative estimate of drug-likeness (QED) is 0.838. The lowest BCUT2D eigenvalue weighted by molar-refractivity contribution is -0.0300. The van der Waals surface area contributed by atoms with Gasteiger partial charge in [-0.3, -0.25) is 4.31 Å². The van der Waals surface area contributed by atoms with Crippen molar-refractivity contribution in [3.8, 4) is 0 Å². The zero-order valence-corrected chi connectivity index (χ0v) is 14.5. The van der Waals surface area contributed by atoms with E-state index in [2.05, 4.69) is 5.32 Å². The van der Waals surface area contributed by atoms with E-state index < -0.39 is 10.0 Å². The number of sulfonamides is 1. The molecule has 0 spiro atoms. The fraction of sp³-hybridized carbons (Fsp3) is 0.533. The van der Waals surface area contributed by atoms with Crippen molar-refractivity contribution >= 4 is 21.7 Å². The molecule has 0 aliphatic carbocycles. The van der Waals surface area contributed by atoms with Crippen LogP contribution in [0.1, 0.15) is 12.5 Å². The number of carbonyl (C=O) groups is 1. The molecule has 0 saturated carbocycles. The number of benzene rings is 1. The largest absolute Gasteiger partial charge is 0.375 e. The van der Waals surface area contributed by atoms with E-state index in [9.17, 15) is 13.2 Å². The lowest BCUT2D eigenvalue weighted by Gasteiger charge is -2.38. The molecule has 1 aromatic carbocycles. The van der Waals surface area contributed by atoms with Gasteiger partial charge in [-0.05, 0) is 24.6 Å². The summed E-state index contributed by atoms with van der Waals surface area (Å²) in [6.07, 6.45) is 1.29. The Hall–Kier alpha value is -1.80. The van der Waals surface area contributed by atoms with Crippen molar-refractivity contribution < 1.29 is 17.9 Å². The summed E-state index contributed by atoms with van der Waals surface area (Å²) >= 11 is 0. The topological polar surface area (TPSA) is 79.0 Å². The molecule has 0 bridgehead atoms. The minimum absolute atomic E-state index is 0.136. The maximum absolute atomic E-state index is 12.0. The van der Waals surface area contributed by atoms with Gasteiger partial charge >= 0.3 is 6.03 Å². The maximum atomic E-state index is 12.0. The molecule has 1 N–H and O–H groups in total. The Morgan fingerprint density at radius 2 is 2.13 bits per heavy atom. The summed E-state index contributed by atoms with van der Waals surface area (Å²) in [4.78, 5) is 13.7. The summed E-state index contributed by atoms with van der Waals surface area (Å²) in [7, 11) is -1.80. The summed E-state index contributed by atoms with van der Waals surface area (Å²) in [5.41, 5.74) is 1.41. The van der Waals surface area contributed by atoms with Crippen LogP contribution in [0.5, 0.6) is 0 Å². The summed E-state index contributed by atoms with van der Waals surface area (Å²) in [6, 6.07) is 6.95. The molecule has 1 aromatic rings. The number of nitrogens with one attached hydrogen (secondary N) is 1. The van der Waals surface area contributed by atoms with Gasteiger partial charge in [-0.2, -0.15) is 0 Å². The van der Waals surface area contributed by atoms with Crippen molar-refractivity contribution in [1.29, 1.82) is 0 Å². The van der Waals surface area contributed by atoms with Crippen LogP contribution >= 0.6 is 0 Å². The zero-order valence-electron chi connectivity index (χ0n) is 13.7. The highest BCUT2D eigenvalue weighted by molar-refractivity contribution is 7.92. The molecule has 0 atom stereocenters. The first-order chi connectivity index (χ1) is 10.8. The first-order valence-corrected chi connectivity index (χ1v) is 9.33. The molecule has 1 aliphatic rings. The second-order valence-electron chi connectivity index (χ2n) is 5.54. The molecule has 1 heterocycles. The number of rotatable bonds is 6. The number of hydrogen-bond donors (Lipinski definition) is 1. The number of anilines is 1.